The lowest BCUT2D eigenvalue weighted by Crippen LogP contribution is -2.30. The van der Waals surface area contributed by atoms with Crippen molar-refractivity contribution in [2.24, 2.45) is 11.8 Å². The van der Waals surface area contributed by atoms with Crippen molar-refractivity contribution in [2.75, 3.05) is 14.1 Å². The Balaban J connectivity index is 0.000000351. The summed E-state index contributed by atoms with van der Waals surface area (Å²) in [5.74, 6) is -1.62. The number of nitrogens with zero attached hydrogens (tertiary/aromatic N) is 2. The van der Waals surface area contributed by atoms with Crippen molar-refractivity contribution in [3.05, 3.63) is 142 Å². The minimum atomic E-state index is -1.18. The van der Waals surface area contributed by atoms with E-state index in [1.54, 1.807) is 12.0 Å². The zero-order valence-electron chi connectivity index (χ0n) is 31.1. The molecule has 4 rings (SSSR count). The van der Waals surface area contributed by atoms with Gasteiger partial charge in [0.05, 0.1) is 23.2 Å². The summed E-state index contributed by atoms with van der Waals surface area (Å²) in [6.07, 6.45) is -0.485. The van der Waals surface area contributed by atoms with E-state index >= 15 is 0 Å². The second kappa shape index (κ2) is 19.9. The van der Waals surface area contributed by atoms with Crippen molar-refractivity contribution in [1.82, 2.24) is 10.1 Å². The molecular formula is C43H58N2O6. The summed E-state index contributed by atoms with van der Waals surface area (Å²) in [4.78, 5) is 34.9. The number of carboxylic acid groups (broad SMARTS) is 2. The molecule has 0 radical (unpaired) electrons. The highest BCUT2D eigenvalue weighted by Gasteiger charge is 2.25. The van der Waals surface area contributed by atoms with Crippen molar-refractivity contribution >= 4 is 11.9 Å². The summed E-state index contributed by atoms with van der Waals surface area (Å²) in [6, 6.07) is 31.4. The van der Waals surface area contributed by atoms with E-state index in [0.717, 1.165) is 11.6 Å². The Morgan fingerprint density at radius 2 is 0.863 bits per heavy atom. The van der Waals surface area contributed by atoms with Crippen LogP contribution >= 0.6 is 0 Å². The number of carbonyl (C=O) groups is 2. The van der Waals surface area contributed by atoms with Gasteiger partial charge in [-0.15, -0.1) is 0 Å². The van der Waals surface area contributed by atoms with Gasteiger partial charge in [-0.25, -0.2) is 9.59 Å². The molecule has 0 amide bonds. The van der Waals surface area contributed by atoms with Crippen LogP contribution in [0.2, 0.25) is 0 Å². The van der Waals surface area contributed by atoms with Crippen LogP contribution in [0.3, 0.4) is 0 Å². The number of hydrogen-bond donors (Lipinski definition) is 2. The van der Waals surface area contributed by atoms with Crippen molar-refractivity contribution < 1.29 is 29.5 Å². The molecule has 4 unspecified atom stereocenters. The van der Waals surface area contributed by atoms with Gasteiger partial charge in [0.2, 0.25) is 0 Å². The molecule has 2 N–H and O–H groups in total. The maximum absolute atomic E-state index is 11.3. The van der Waals surface area contributed by atoms with E-state index in [1.807, 2.05) is 49.5 Å². The van der Waals surface area contributed by atoms with E-state index in [9.17, 15) is 19.8 Å². The van der Waals surface area contributed by atoms with Crippen LogP contribution in [0, 0.1) is 25.7 Å². The molecule has 0 fully saturated rings. The second-order valence-electron chi connectivity index (χ2n) is 13.7. The first-order chi connectivity index (χ1) is 23.6. The molecule has 4 aromatic carbocycles. The highest BCUT2D eigenvalue weighted by Crippen LogP contribution is 2.32. The van der Waals surface area contributed by atoms with Crippen molar-refractivity contribution in [3.8, 4) is 0 Å². The molecule has 0 aromatic heterocycles. The molecule has 0 bridgehead atoms. The molecule has 8 heteroatoms. The van der Waals surface area contributed by atoms with Crippen LogP contribution in [0.4, 0.5) is 0 Å². The smallest absolute Gasteiger partial charge is 0.335 e. The average molecular weight is 699 g/mol. The molecule has 4 atom stereocenters. The monoisotopic (exact) mass is 698 g/mol. The second-order valence-corrected chi connectivity index (χ2v) is 13.7. The Labute approximate surface area is 305 Å². The first-order valence-electron chi connectivity index (χ1n) is 17.2. The summed E-state index contributed by atoms with van der Waals surface area (Å²) < 4.78 is 0. The molecule has 0 saturated heterocycles. The minimum absolute atomic E-state index is 0. The molecule has 0 spiro atoms. The highest BCUT2D eigenvalue weighted by atomic mass is 16.7. The van der Waals surface area contributed by atoms with Gasteiger partial charge in [-0.2, -0.15) is 10.1 Å². The summed E-state index contributed by atoms with van der Waals surface area (Å²) in [5.41, 5.74) is 6.52. The first-order valence-corrected chi connectivity index (χ1v) is 17.2. The number of aromatic carboxylic acids is 2. The van der Waals surface area contributed by atoms with E-state index in [4.69, 9.17) is 9.68 Å². The lowest BCUT2D eigenvalue weighted by atomic mass is 9.96. The number of rotatable bonds is 14. The van der Waals surface area contributed by atoms with E-state index in [-0.39, 0.29) is 42.7 Å². The Hall–Kier alpha value is -4.34. The number of hydrogen-bond acceptors (Lipinski definition) is 6. The molecule has 8 nitrogen and oxygen atoms in total. The summed E-state index contributed by atoms with van der Waals surface area (Å²) in [7, 11) is 3.87. The van der Waals surface area contributed by atoms with E-state index in [0.29, 0.717) is 11.5 Å². The largest absolute Gasteiger partial charge is 0.478 e. The van der Waals surface area contributed by atoms with Crippen LogP contribution in [0.1, 0.15) is 127 Å². The Kier molecular flexibility index (Phi) is 16.7. The maximum Gasteiger partial charge on any atom is 0.335 e. The molecule has 0 aliphatic heterocycles. The molecule has 0 aliphatic rings. The van der Waals surface area contributed by atoms with Gasteiger partial charge in [0.25, 0.3) is 0 Å². The van der Waals surface area contributed by atoms with Gasteiger partial charge >= 0.3 is 11.9 Å². The van der Waals surface area contributed by atoms with E-state index in [2.05, 4.69) is 97.0 Å². The number of hydroxylamine groups is 4. The fourth-order valence-electron chi connectivity index (χ4n) is 6.46. The van der Waals surface area contributed by atoms with Crippen molar-refractivity contribution in [2.45, 2.75) is 87.1 Å². The van der Waals surface area contributed by atoms with Crippen LogP contribution in [0.5, 0.6) is 0 Å². The van der Waals surface area contributed by atoms with Gasteiger partial charge < -0.3 is 10.2 Å². The topological polar surface area (TPSA) is 99.5 Å². The fourth-order valence-corrected chi connectivity index (χ4v) is 6.46. The summed E-state index contributed by atoms with van der Waals surface area (Å²) in [6.45, 7) is 16.8. The quantitative estimate of drug-likeness (QED) is 0.126. The van der Waals surface area contributed by atoms with Gasteiger partial charge in [0, 0.05) is 14.1 Å². The van der Waals surface area contributed by atoms with Gasteiger partial charge in [0.15, 0.2) is 0 Å². The average Bonchev–Trinajstić information content (AvgIpc) is 3.05. The summed E-state index contributed by atoms with van der Waals surface area (Å²) in [5, 5.41) is 22.3. The third kappa shape index (κ3) is 12.4. The minimum Gasteiger partial charge on any atom is -0.478 e. The summed E-state index contributed by atoms with van der Waals surface area (Å²) >= 11 is 0. The SMILES string of the molecule is C.CC(ON(C)C(c1ccccc1)C(C)C)c1cc(C(=O)O)cc(C(=O)O)c1.Cc1cc(C)cc(C(C)ON(C)C(c2ccccc2)C(C)C)c1. The normalized spacial score (nSPS) is 13.6. The van der Waals surface area contributed by atoms with Crippen LogP contribution in [0.15, 0.2) is 97.1 Å². The van der Waals surface area contributed by atoms with E-state index in [1.165, 1.54) is 34.4 Å². The Morgan fingerprint density at radius 1 is 0.529 bits per heavy atom. The number of aryl methyl sites for hydroxylation is 2. The maximum atomic E-state index is 11.3. The zero-order chi connectivity index (χ0) is 37.1. The first kappa shape index (κ1) is 42.8. The molecule has 51 heavy (non-hydrogen) atoms. The predicted molar refractivity (Wildman–Crippen MR) is 206 cm³/mol. The van der Waals surface area contributed by atoms with Crippen LogP contribution in [0.25, 0.3) is 0 Å². The molecule has 0 heterocycles. The molecule has 0 aliphatic carbocycles. The third-order valence-electron chi connectivity index (χ3n) is 8.61. The predicted octanol–water partition coefficient (Wildman–Crippen LogP) is 10.7. The standard InChI is InChI=1S/C21H25NO5.C21H29NO.CH4/c1-13(2)19(15-8-6-5-7-9-15)22(4)27-14(3)16-10-17(20(23)24)12-18(11-16)21(25)26;1-15(2)21(19-10-8-7-9-11-19)22(6)23-18(5)20-13-16(3)12-17(4)14-20;/h5-14,19H,1-4H3,(H,23,24)(H,25,26);7-15,18,21H,1-6H3;1H4. The third-order valence-corrected chi connectivity index (χ3v) is 8.61. The molecular weight excluding hydrogens is 640 g/mol. The lowest BCUT2D eigenvalue weighted by molar-refractivity contribution is -0.212. The zero-order valence-corrected chi connectivity index (χ0v) is 31.1. The van der Waals surface area contributed by atoms with Gasteiger partial charge in [-0.1, -0.05) is 125 Å². The van der Waals surface area contributed by atoms with Crippen molar-refractivity contribution in [3.63, 3.8) is 0 Å². The molecule has 4 aromatic rings. The number of carboxylic acids is 2. The van der Waals surface area contributed by atoms with Crippen molar-refractivity contribution in [1.29, 1.82) is 0 Å². The molecule has 0 saturated carbocycles. The number of benzene rings is 4. The van der Waals surface area contributed by atoms with Gasteiger partial charge in [-0.3, -0.25) is 9.68 Å². The fraction of sp³-hybridized carbons (Fsp3) is 0.395. The highest BCUT2D eigenvalue weighted by molar-refractivity contribution is 5.94. The van der Waals surface area contributed by atoms with Crippen LogP contribution in [-0.4, -0.2) is 46.4 Å². The van der Waals surface area contributed by atoms with Gasteiger partial charge in [0.1, 0.15) is 12.2 Å². The Morgan fingerprint density at radius 3 is 1.18 bits per heavy atom. The van der Waals surface area contributed by atoms with Crippen LogP contribution < -0.4 is 0 Å². The van der Waals surface area contributed by atoms with Crippen LogP contribution in [-0.2, 0) is 9.68 Å². The van der Waals surface area contributed by atoms with Gasteiger partial charge in [-0.05, 0) is 80.0 Å². The lowest BCUT2D eigenvalue weighted by Gasteiger charge is -2.33. The van der Waals surface area contributed by atoms with E-state index < -0.39 is 18.0 Å². The molecule has 276 valence electrons. The Bertz CT molecular complexity index is 1620.